The molecule has 0 radical (unpaired) electrons. The van der Waals surface area contributed by atoms with Crippen molar-refractivity contribution in [1.82, 2.24) is 25.8 Å². The maximum Gasteiger partial charge on any atom is 0.141 e. The summed E-state index contributed by atoms with van der Waals surface area (Å²) >= 11 is 1.91. The molecule has 2 atom stereocenters. The Morgan fingerprint density at radius 3 is 2.68 bits per heavy atom. The lowest BCUT2D eigenvalue weighted by atomic mass is 10.1. The maximum absolute atomic E-state index is 4.78. The minimum atomic E-state index is 0.109. The molecule has 0 spiro atoms. The van der Waals surface area contributed by atoms with Crippen LogP contribution >= 0.6 is 11.8 Å². The van der Waals surface area contributed by atoms with Gasteiger partial charge in [0.25, 0.3) is 0 Å². The van der Waals surface area contributed by atoms with Gasteiger partial charge in [-0.2, -0.15) is 0 Å². The van der Waals surface area contributed by atoms with E-state index in [4.69, 9.17) is 4.98 Å². The van der Waals surface area contributed by atoms with Crippen LogP contribution in [0.25, 0.3) is 11.0 Å². The predicted molar refractivity (Wildman–Crippen MR) is 130 cm³/mol. The molecule has 164 valence electrons. The molecule has 31 heavy (non-hydrogen) atoms. The van der Waals surface area contributed by atoms with Gasteiger partial charge in [0.2, 0.25) is 0 Å². The van der Waals surface area contributed by atoms with E-state index < -0.39 is 0 Å². The van der Waals surface area contributed by atoms with E-state index in [1.54, 1.807) is 6.20 Å². The Hall–Kier alpha value is -2.42. The molecule has 1 saturated carbocycles. The van der Waals surface area contributed by atoms with Gasteiger partial charge in [0, 0.05) is 6.20 Å². The van der Waals surface area contributed by atoms with E-state index in [-0.39, 0.29) is 5.50 Å². The van der Waals surface area contributed by atoms with Crippen LogP contribution < -0.4 is 21.5 Å². The number of aromatic nitrogens is 3. The first-order chi connectivity index (χ1) is 15.2. The zero-order chi connectivity index (χ0) is 21.6. The molecule has 2 fully saturated rings. The first-order valence-electron chi connectivity index (χ1n) is 11.1. The predicted octanol–water partition coefficient (Wildman–Crippen LogP) is 5.16. The van der Waals surface area contributed by atoms with Crippen molar-refractivity contribution >= 4 is 40.0 Å². The molecule has 5 rings (SSSR count). The summed E-state index contributed by atoms with van der Waals surface area (Å²) in [5, 5.41) is 7.34. The number of aryl methyl sites for hydroxylation is 1. The van der Waals surface area contributed by atoms with Crippen LogP contribution in [0.5, 0.6) is 0 Å². The lowest BCUT2D eigenvalue weighted by Gasteiger charge is -2.16. The Morgan fingerprint density at radius 1 is 1.03 bits per heavy atom. The van der Waals surface area contributed by atoms with Crippen LogP contribution in [0.1, 0.15) is 45.1 Å². The molecule has 2 aliphatic rings. The van der Waals surface area contributed by atoms with Crippen LogP contribution in [0.4, 0.5) is 17.2 Å². The third-order valence-electron chi connectivity index (χ3n) is 5.60. The Bertz CT molecular complexity index is 1010. The van der Waals surface area contributed by atoms with Gasteiger partial charge < -0.3 is 10.6 Å². The van der Waals surface area contributed by atoms with Gasteiger partial charge in [-0.25, -0.2) is 15.8 Å². The van der Waals surface area contributed by atoms with E-state index in [0.29, 0.717) is 5.37 Å². The molecule has 8 heteroatoms. The summed E-state index contributed by atoms with van der Waals surface area (Å²) in [6, 6.07) is 8.00. The summed E-state index contributed by atoms with van der Waals surface area (Å²) < 4.78 is 0. The van der Waals surface area contributed by atoms with Crippen LogP contribution in [0.3, 0.4) is 0 Å². The molecular formula is C23H31N7S. The van der Waals surface area contributed by atoms with Crippen molar-refractivity contribution in [3.63, 3.8) is 0 Å². The van der Waals surface area contributed by atoms with E-state index in [9.17, 15) is 0 Å². The molecule has 7 nitrogen and oxygen atoms in total. The summed E-state index contributed by atoms with van der Waals surface area (Å²) in [7, 11) is 0. The van der Waals surface area contributed by atoms with E-state index in [2.05, 4.69) is 38.4 Å². The van der Waals surface area contributed by atoms with Crippen LogP contribution in [0.2, 0.25) is 0 Å². The lowest BCUT2D eigenvalue weighted by Crippen LogP contribution is -2.38. The summed E-state index contributed by atoms with van der Waals surface area (Å²) in [5.74, 6) is 1.60. The molecule has 0 amide bonds. The molecule has 4 N–H and O–H groups in total. The highest BCUT2D eigenvalue weighted by Crippen LogP contribution is 2.36. The number of hydrogen-bond donors (Lipinski definition) is 4. The van der Waals surface area contributed by atoms with Crippen molar-refractivity contribution in [2.45, 2.75) is 57.3 Å². The number of fused-ring (bicyclic) bond motifs is 1. The molecule has 4 heterocycles. The van der Waals surface area contributed by atoms with Crippen LogP contribution in [0, 0.1) is 12.8 Å². The second-order valence-corrected chi connectivity index (χ2v) is 8.94. The van der Waals surface area contributed by atoms with Gasteiger partial charge >= 0.3 is 0 Å². The van der Waals surface area contributed by atoms with Gasteiger partial charge in [-0.1, -0.05) is 38.5 Å². The van der Waals surface area contributed by atoms with Crippen molar-refractivity contribution in [1.29, 1.82) is 0 Å². The quantitative estimate of drug-likeness (QED) is 0.436. The smallest absolute Gasteiger partial charge is 0.141 e. The molecule has 3 aromatic heterocycles. The lowest BCUT2D eigenvalue weighted by molar-refractivity contribution is 0.431. The second kappa shape index (κ2) is 10.3. The molecule has 1 aliphatic heterocycles. The van der Waals surface area contributed by atoms with E-state index >= 15 is 0 Å². The fraction of sp³-hybridized carbons (Fsp3) is 0.435. The van der Waals surface area contributed by atoms with Gasteiger partial charge in [-0.05, 0) is 55.5 Å². The summed E-state index contributed by atoms with van der Waals surface area (Å²) in [5.41, 5.74) is 11.6. The van der Waals surface area contributed by atoms with Crippen LogP contribution in [0.15, 0.2) is 42.9 Å². The van der Waals surface area contributed by atoms with Crippen LogP contribution in [-0.4, -0.2) is 25.8 Å². The number of rotatable bonds is 5. The highest BCUT2D eigenvalue weighted by atomic mass is 32.2. The molecule has 0 aromatic carbocycles. The molecule has 2 unspecified atom stereocenters. The fourth-order valence-corrected chi connectivity index (χ4v) is 5.22. The van der Waals surface area contributed by atoms with E-state index in [0.717, 1.165) is 39.7 Å². The number of thioether (sulfide) groups is 1. The van der Waals surface area contributed by atoms with Crippen molar-refractivity contribution in [2.75, 3.05) is 10.6 Å². The van der Waals surface area contributed by atoms with Gasteiger partial charge in [0.1, 0.15) is 11.3 Å². The monoisotopic (exact) mass is 437 g/mol. The number of pyridine rings is 3. The second-order valence-electron chi connectivity index (χ2n) is 7.69. The highest BCUT2D eigenvalue weighted by Gasteiger charge is 2.32. The summed E-state index contributed by atoms with van der Waals surface area (Å²) in [4.78, 5) is 13.5. The zero-order valence-corrected chi connectivity index (χ0v) is 19.2. The largest absolute Gasteiger partial charge is 0.353 e. The highest BCUT2D eigenvalue weighted by molar-refractivity contribution is 8.00. The number of nitrogens with zero attached hydrogens (tertiary/aromatic N) is 3. The topological polar surface area (TPSA) is 86.8 Å². The standard InChI is InChI=1S/C21H25N7S.C2H6/c1-13-8-9-22-12-18(13)24-15-10-17-16(23-11-15)6-7-19(25-17)26-21-28-27-20(29-21)14-4-2-3-5-14;1-2/h6-12,14,20-21,24,27-28H,2-5H2,1H3,(H,25,26);1-2H3. The first-order valence-corrected chi connectivity index (χ1v) is 12.1. The number of anilines is 3. The molecule has 0 bridgehead atoms. The SMILES string of the molecule is CC.Cc1ccncc1Nc1cnc2ccc(NC3NNC(C4CCCC4)S3)nc2c1. The Morgan fingerprint density at radius 2 is 1.87 bits per heavy atom. The van der Waals surface area contributed by atoms with Crippen molar-refractivity contribution < 1.29 is 0 Å². The third kappa shape index (κ3) is 5.26. The van der Waals surface area contributed by atoms with E-state index in [1.807, 2.05) is 62.3 Å². The Kier molecular flexibility index (Phi) is 7.21. The minimum absolute atomic E-state index is 0.109. The van der Waals surface area contributed by atoms with Crippen LogP contribution in [-0.2, 0) is 0 Å². The average molecular weight is 438 g/mol. The maximum atomic E-state index is 4.78. The normalized spacial score (nSPS) is 21.0. The third-order valence-corrected chi connectivity index (χ3v) is 6.91. The molecule has 1 aliphatic carbocycles. The van der Waals surface area contributed by atoms with Crippen molar-refractivity contribution in [2.24, 2.45) is 5.92 Å². The average Bonchev–Trinajstić information content (AvgIpc) is 3.49. The Labute approximate surface area is 188 Å². The molecular weight excluding hydrogens is 406 g/mol. The first kappa shape index (κ1) is 21.8. The summed E-state index contributed by atoms with van der Waals surface area (Å²) in [6.07, 6.45) is 10.8. The Balaban J connectivity index is 0.00000112. The van der Waals surface area contributed by atoms with Crippen molar-refractivity contribution in [3.8, 4) is 0 Å². The molecule has 1 saturated heterocycles. The number of hydrogen-bond acceptors (Lipinski definition) is 8. The fourth-order valence-electron chi connectivity index (χ4n) is 3.97. The van der Waals surface area contributed by atoms with E-state index in [1.165, 1.54) is 25.7 Å². The van der Waals surface area contributed by atoms with Gasteiger partial charge in [0.15, 0.2) is 0 Å². The molecule has 3 aromatic rings. The zero-order valence-electron chi connectivity index (χ0n) is 18.4. The number of nitrogens with one attached hydrogen (secondary N) is 4. The van der Waals surface area contributed by atoms with Gasteiger partial charge in [-0.3, -0.25) is 9.97 Å². The van der Waals surface area contributed by atoms with Crippen molar-refractivity contribution in [3.05, 3.63) is 48.4 Å². The van der Waals surface area contributed by atoms with Gasteiger partial charge in [0.05, 0.1) is 40.2 Å². The van der Waals surface area contributed by atoms with Gasteiger partial charge in [-0.15, -0.1) is 0 Å². The summed E-state index contributed by atoms with van der Waals surface area (Å²) in [6.45, 7) is 6.05. The minimum Gasteiger partial charge on any atom is -0.353 e. The number of hydrazine groups is 1.